The maximum atomic E-state index is 12.8. The SMILES string of the molecule is CC(=O)Nc1ccc(OCC(=O)NCCc2ccc(F)cc2)cc1. The third-order valence-corrected chi connectivity index (χ3v) is 3.19. The summed E-state index contributed by atoms with van der Waals surface area (Å²) in [5, 5.41) is 5.39. The average Bonchev–Trinajstić information content (AvgIpc) is 2.55. The van der Waals surface area contributed by atoms with Crippen LogP contribution in [0.25, 0.3) is 0 Å². The van der Waals surface area contributed by atoms with Crippen LogP contribution in [-0.4, -0.2) is 25.0 Å². The van der Waals surface area contributed by atoms with Crippen molar-refractivity contribution >= 4 is 17.5 Å². The van der Waals surface area contributed by atoms with Gasteiger partial charge in [0, 0.05) is 19.2 Å². The second-order valence-electron chi connectivity index (χ2n) is 5.22. The van der Waals surface area contributed by atoms with Crippen molar-refractivity contribution in [3.8, 4) is 5.75 Å². The highest BCUT2D eigenvalue weighted by atomic mass is 19.1. The van der Waals surface area contributed by atoms with Gasteiger partial charge in [-0.15, -0.1) is 0 Å². The lowest BCUT2D eigenvalue weighted by molar-refractivity contribution is -0.123. The van der Waals surface area contributed by atoms with E-state index >= 15 is 0 Å². The third-order valence-electron chi connectivity index (χ3n) is 3.19. The lowest BCUT2D eigenvalue weighted by Crippen LogP contribution is -2.30. The Kier molecular flexibility index (Phi) is 6.31. The molecule has 0 heterocycles. The fourth-order valence-corrected chi connectivity index (χ4v) is 2.03. The molecule has 24 heavy (non-hydrogen) atoms. The highest BCUT2D eigenvalue weighted by Crippen LogP contribution is 2.15. The second-order valence-corrected chi connectivity index (χ2v) is 5.22. The van der Waals surface area contributed by atoms with Gasteiger partial charge < -0.3 is 15.4 Å². The zero-order valence-electron chi connectivity index (χ0n) is 13.3. The van der Waals surface area contributed by atoms with Crippen molar-refractivity contribution in [2.75, 3.05) is 18.5 Å². The molecule has 0 saturated carbocycles. The van der Waals surface area contributed by atoms with Gasteiger partial charge in [0.1, 0.15) is 11.6 Å². The molecule has 2 amide bonds. The molecule has 126 valence electrons. The first-order valence-electron chi connectivity index (χ1n) is 7.54. The van der Waals surface area contributed by atoms with Crippen molar-refractivity contribution in [3.05, 3.63) is 59.9 Å². The van der Waals surface area contributed by atoms with E-state index in [0.29, 0.717) is 24.4 Å². The molecule has 2 rings (SSSR count). The summed E-state index contributed by atoms with van der Waals surface area (Å²) >= 11 is 0. The number of nitrogens with one attached hydrogen (secondary N) is 2. The van der Waals surface area contributed by atoms with Crippen molar-refractivity contribution in [2.45, 2.75) is 13.3 Å². The Morgan fingerprint density at radius 3 is 2.33 bits per heavy atom. The van der Waals surface area contributed by atoms with Crippen molar-refractivity contribution in [3.63, 3.8) is 0 Å². The molecule has 2 aromatic carbocycles. The Morgan fingerprint density at radius 1 is 1.04 bits per heavy atom. The fourth-order valence-electron chi connectivity index (χ4n) is 2.03. The van der Waals surface area contributed by atoms with E-state index in [1.165, 1.54) is 19.1 Å². The maximum absolute atomic E-state index is 12.8. The molecule has 0 spiro atoms. The summed E-state index contributed by atoms with van der Waals surface area (Å²) in [5.41, 5.74) is 1.62. The summed E-state index contributed by atoms with van der Waals surface area (Å²) < 4.78 is 18.2. The number of rotatable bonds is 7. The molecule has 0 bridgehead atoms. The van der Waals surface area contributed by atoms with Crippen LogP contribution < -0.4 is 15.4 Å². The van der Waals surface area contributed by atoms with Gasteiger partial charge in [-0.2, -0.15) is 0 Å². The standard InChI is InChI=1S/C18H19FN2O3/c1-13(22)21-16-6-8-17(9-7-16)24-12-18(23)20-11-10-14-2-4-15(19)5-3-14/h2-9H,10-12H2,1H3,(H,20,23)(H,21,22). The molecule has 0 aliphatic rings. The van der Waals surface area contributed by atoms with Crippen LogP contribution in [0, 0.1) is 5.82 Å². The van der Waals surface area contributed by atoms with Crippen molar-refractivity contribution in [1.82, 2.24) is 5.32 Å². The number of hydrogen-bond acceptors (Lipinski definition) is 3. The first-order valence-corrected chi connectivity index (χ1v) is 7.54. The molecule has 0 saturated heterocycles. The van der Waals surface area contributed by atoms with E-state index in [2.05, 4.69) is 10.6 Å². The third kappa shape index (κ3) is 6.08. The molecule has 0 aliphatic carbocycles. The number of halogens is 1. The Balaban J connectivity index is 1.69. The number of carbonyl (C=O) groups excluding carboxylic acids is 2. The Morgan fingerprint density at radius 2 is 1.71 bits per heavy atom. The van der Waals surface area contributed by atoms with Gasteiger partial charge in [0.25, 0.3) is 5.91 Å². The number of benzene rings is 2. The molecule has 2 aromatic rings. The van der Waals surface area contributed by atoms with E-state index in [1.54, 1.807) is 36.4 Å². The summed E-state index contributed by atoms with van der Waals surface area (Å²) in [6, 6.07) is 12.9. The van der Waals surface area contributed by atoms with Crippen LogP contribution in [0.15, 0.2) is 48.5 Å². The molecular weight excluding hydrogens is 311 g/mol. The van der Waals surface area contributed by atoms with Gasteiger partial charge in [-0.05, 0) is 48.4 Å². The van der Waals surface area contributed by atoms with Crippen LogP contribution in [0.5, 0.6) is 5.75 Å². The van der Waals surface area contributed by atoms with Gasteiger partial charge in [0.2, 0.25) is 5.91 Å². The van der Waals surface area contributed by atoms with Crippen LogP contribution in [-0.2, 0) is 16.0 Å². The molecule has 6 heteroatoms. The second kappa shape index (κ2) is 8.67. The maximum Gasteiger partial charge on any atom is 0.257 e. The first kappa shape index (κ1) is 17.5. The minimum atomic E-state index is -0.277. The number of carbonyl (C=O) groups is 2. The lowest BCUT2D eigenvalue weighted by Gasteiger charge is -2.08. The van der Waals surface area contributed by atoms with E-state index in [4.69, 9.17) is 4.74 Å². The molecule has 0 aliphatic heterocycles. The molecule has 0 radical (unpaired) electrons. The number of hydrogen-bond donors (Lipinski definition) is 2. The predicted molar refractivity (Wildman–Crippen MR) is 89.4 cm³/mol. The van der Waals surface area contributed by atoms with Gasteiger partial charge in [-0.25, -0.2) is 4.39 Å². The molecule has 5 nitrogen and oxygen atoms in total. The van der Waals surface area contributed by atoms with E-state index in [0.717, 1.165) is 5.56 Å². The van der Waals surface area contributed by atoms with Gasteiger partial charge in [-0.3, -0.25) is 9.59 Å². The van der Waals surface area contributed by atoms with Gasteiger partial charge in [0.05, 0.1) is 0 Å². The van der Waals surface area contributed by atoms with E-state index in [-0.39, 0.29) is 24.2 Å². The molecule has 0 unspecified atom stereocenters. The van der Waals surface area contributed by atoms with Crippen molar-refractivity contribution < 1.29 is 18.7 Å². The van der Waals surface area contributed by atoms with E-state index < -0.39 is 0 Å². The minimum absolute atomic E-state index is 0.0943. The summed E-state index contributed by atoms with van der Waals surface area (Å²) in [7, 11) is 0. The number of anilines is 1. The molecular formula is C18H19FN2O3. The smallest absolute Gasteiger partial charge is 0.257 e. The number of ether oxygens (including phenoxy) is 1. The normalized spacial score (nSPS) is 10.1. The summed E-state index contributed by atoms with van der Waals surface area (Å²) in [4.78, 5) is 22.6. The summed E-state index contributed by atoms with van der Waals surface area (Å²) in [5.74, 6) is -0.120. The summed E-state index contributed by atoms with van der Waals surface area (Å²) in [6.45, 7) is 1.79. The van der Waals surface area contributed by atoms with E-state index in [9.17, 15) is 14.0 Å². The zero-order valence-corrected chi connectivity index (χ0v) is 13.3. The predicted octanol–water partition coefficient (Wildman–Crippen LogP) is 2.52. The lowest BCUT2D eigenvalue weighted by atomic mass is 10.1. The minimum Gasteiger partial charge on any atom is -0.484 e. The topological polar surface area (TPSA) is 67.4 Å². The van der Waals surface area contributed by atoms with Crippen LogP contribution in [0.1, 0.15) is 12.5 Å². The Hall–Kier alpha value is -2.89. The molecule has 0 atom stereocenters. The van der Waals surface area contributed by atoms with Gasteiger partial charge >= 0.3 is 0 Å². The Labute approximate surface area is 139 Å². The van der Waals surface area contributed by atoms with Crippen LogP contribution in [0.3, 0.4) is 0 Å². The Bertz CT molecular complexity index is 684. The summed E-state index contributed by atoms with van der Waals surface area (Å²) in [6.07, 6.45) is 0.622. The fraction of sp³-hybridized carbons (Fsp3) is 0.222. The van der Waals surface area contributed by atoms with Crippen LogP contribution >= 0.6 is 0 Å². The van der Waals surface area contributed by atoms with Gasteiger partial charge in [-0.1, -0.05) is 12.1 Å². The highest BCUT2D eigenvalue weighted by Gasteiger charge is 2.03. The molecule has 0 fully saturated rings. The van der Waals surface area contributed by atoms with E-state index in [1.807, 2.05) is 0 Å². The zero-order chi connectivity index (χ0) is 17.4. The van der Waals surface area contributed by atoms with Crippen molar-refractivity contribution in [1.29, 1.82) is 0 Å². The molecule has 2 N–H and O–H groups in total. The van der Waals surface area contributed by atoms with Crippen LogP contribution in [0.2, 0.25) is 0 Å². The first-order chi connectivity index (χ1) is 11.5. The molecule has 0 aromatic heterocycles. The number of amides is 2. The quantitative estimate of drug-likeness (QED) is 0.820. The van der Waals surface area contributed by atoms with Crippen LogP contribution in [0.4, 0.5) is 10.1 Å². The average molecular weight is 330 g/mol. The largest absolute Gasteiger partial charge is 0.484 e. The van der Waals surface area contributed by atoms with Gasteiger partial charge in [0.15, 0.2) is 6.61 Å². The monoisotopic (exact) mass is 330 g/mol. The highest BCUT2D eigenvalue weighted by molar-refractivity contribution is 5.88. The van der Waals surface area contributed by atoms with Crippen molar-refractivity contribution in [2.24, 2.45) is 0 Å².